The van der Waals surface area contributed by atoms with E-state index in [4.69, 9.17) is 19.4 Å². The van der Waals surface area contributed by atoms with Crippen LogP contribution >= 0.6 is 0 Å². The first-order valence-corrected chi connectivity index (χ1v) is 17.9. The number of carbonyl (C=O) groups is 1. The van der Waals surface area contributed by atoms with Gasteiger partial charge in [0.1, 0.15) is 16.9 Å². The first kappa shape index (κ1) is 30.5. The average Bonchev–Trinajstić information content (AvgIpc) is 3.73. The van der Waals surface area contributed by atoms with Crippen molar-refractivity contribution in [2.45, 2.75) is 45.2 Å². The van der Waals surface area contributed by atoms with Crippen molar-refractivity contribution in [1.82, 2.24) is 24.0 Å². The van der Waals surface area contributed by atoms with Crippen molar-refractivity contribution in [3.63, 3.8) is 0 Å². The maximum Gasteiger partial charge on any atom is 0.254 e. The van der Waals surface area contributed by atoms with Gasteiger partial charge >= 0.3 is 0 Å². The first-order valence-electron chi connectivity index (χ1n) is 16.2. The van der Waals surface area contributed by atoms with Gasteiger partial charge in [0.25, 0.3) is 5.91 Å². The molecule has 1 unspecified atom stereocenters. The molecule has 3 aromatic heterocycles. The minimum atomic E-state index is -1.01. The number of methoxy groups -OCH3 is 2. The minimum Gasteiger partial charge on any atom is -0.494 e. The van der Waals surface area contributed by atoms with Crippen LogP contribution in [0.5, 0.6) is 11.6 Å². The number of hydrogen-bond acceptors (Lipinski definition) is 6. The molecule has 10 heteroatoms. The number of imidazole rings is 1. The van der Waals surface area contributed by atoms with Crippen LogP contribution in [0.1, 0.15) is 41.6 Å². The molecule has 7 rings (SSSR count). The summed E-state index contributed by atoms with van der Waals surface area (Å²) in [5.41, 5.74) is 5.17. The number of rotatable bonds is 11. The molecule has 1 aliphatic carbocycles. The summed E-state index contributed by atoms with van der Waals surface area (Å²) in [4.78, 5) is 26.0. The van der Waals surface area contributed by atoms with Gasteiger partial charge in [-0.15, -0.1) is 0 Å². The maximum absolute atomic E-state index is 14.0. The number of benzene rings is 2. The van der Waals surface area contributed by atoms with Crippen molar-refractivity contribution in [3.05, 3.63) is 71.8 Å². The lowest BCUT2D eigenvalue weighted by atomic mass is 9.91. The van der Waals surface area contributed by atoms with Gasteiger partial charge in [0, 0.05) is 66.0 Å². The quantitative estimate of drug-likeness (QED) is 0.177. The van der Waals surface area contributed by atoms with Gasteiger partial charge in [-0.3, -0.25) is 9.00 Å². The zero-order valence-corrected chi connectivity index (χ0v) is 27.6. The van der Waals surface area contributed by atoms with Crippen LogP contribution < -0.4 is 9.47 Å². The highest BCUT2D eigenvalue weighted by molar-refractivity contribution is 7.84. The lowest BCUT2D eigenvalue weighted by Gasteiger charge is -2.33. The summed E-state index contributed by atoms with van der Waals surface area (Å²) >= 11 is 0. The number of likely N-dealkylation sites (tertiary alicyclic amines) is 1. The van der Waals surface area contributed by atoms with Crippen LogP contribution in [-0.2, 0) is 30.3 Å². The Morgan fingerprint density at radius 3 is 2.52 bits per heavy atom. The zero-order chi connectivity index (χ0) is 31.8. The van der Waals surface area contributed by atoms with Crippen molar-refractivity contribution in [2.24, 2.45) is 11.8 Å². The van der Waals surface area contributed by atoms with Gasteiger partial charge in [-0.1, -0.05) is 30.3 Å². The average molecular weight is 640 g/mol. The fraction of sp³-hybridized carbons (Fsp3) is 0.417. The summed E-state index contributed by atoms with van der Waals surface area (Å²) in [7, 11) is 2.26. The van der Waals surface area contributed by atoms with Crippen LogP contribution in [0.2, 0.25) is 0 Å². The number of hydrogen-bond donors (Lipinski definition) is 0. The Bertz CT molecular complexity index is 1910. The summed E-state index contributed by atoms with van der Waals surface area (Å²) in [6, 6.07) is 20.3. The summed E-state index contributed by atoms with van der Waals surface area (Å²) in [5, 5.41) is 1.01. The lowest BCUT2D eigenvalue weighted by molar-refractivity contribution is 0.0673. The van der Waals surface area contributed by atoms with Crippen molar-refractivity contribution in [3.8, 4) is 23.1 Å². The maximum atomic E-state index is 14.0. The molecule has 46 heavy (non-hydrogen) atoms. The Kier molecular flexibility index (Phi) is 8.55. The van der Waals surface area contributed by atoms with E-state index < -0.39 is 10.8 Å². The summed E-state index contributed by atoms with van der Waals surface area (Å²) in [6.07, 6.45) is 7.17. The Morgan fingerprint density at radius 2 is 1.78 bits per heavy atom. The van der Waals surface area contributed by atoms with Crippen LogP contribution in [0.25, 0.3) is 33.6 Å². The molecule has 5 aromatic rings. The van der Waals surface area contributed by atoms with Crippen LogP contribution in [0.3, 0.4) is 0 Å². The predicted molar refractivity (Wildman–Crippen MR) is 182 cm³/mol. The highest BCUT2D eigenvalue weighted by Crippen LogP contribution is 2.38. The van der Waals surface area contributed by atoms with E-state index in [0.29, 0.717) is 46.8 Å². The third-order valence-corrected chi connectivity index (χ3v) is 10.1. The van der Waals surface area contributed by atoms with Gasteiger partial charge in [-0.25, -0.2) is 4.98 Å². The van der Waals surface area contributed by atoms with Gasteiger partial charge in [-0.05, 0) is 73.8 Å². The molecule has 2 aromatic carbocycles. The minimum absolute atomic E-state index is 0.00265. The van der Waals surface area contributed by atoms with Crippen molar-refractivity contribution in [2.75, 3.05) is 39.3 Å². The Labute approximate surface area is 272 Å². The summed E-state index contributed by atoms with van der Waals surface area (Å²) in [5.74, 6) is 3.39. The largest absolute Gasteiger partial charge is 0.494 e. The molecule has 2 fully saturated rings. The molecule has 2 aliphatic rings. The molecule has 240 valence electrons. The van der Waals surface area contributed by atoms with Gasteiger partial charge in [0.15, 0.2) is 5.82 Å². The SMILES string of the molecule is COc1ccc2cc(-c3nc4cc(C(=O)N5CCC[C@@H](Cc6ccccc6)C5)cc(OC)c4n3CCS(C)=O)n(CC3CC3)c2n1. The molecule has 4 heterocycles. The number of aryl methyl sites for hydroxylation is 1. The van der Waals surface area contributed by atoms with E-state index in [1.54, 1.807) is 20.5 Å². The lowest BCUT2D eigenvalue weighted by Crippen LogP contribution is -2.40. The number of fused-ring (bicyclic) bond motifs is 2. The van der Waals surface area contributed by atoms with Crippen molar-refractivity contribution in [1.29, 1.82) is 0 Å². The fourth-order valence-corrected chi connectivity index (χ4v) is 7.28. The van der Waals surface area contributed by atoms with Gasteiger partial charge < -0.3 is 23.5 Å². The molecule has 1 saturated heterocycles. The second kappa shape index (κ2) is 12.9. The van der Waals surface area contributed by atoms with E-state index in [0.717, 1.165) is 67.0 Å². The molecule has 1 aliphatic heterocycles. The molecule has 1 saturated carbocycles. The predicted octanol–water partition coefficient (Wildman–Crippen LogP) is 5.95. The van der Waals surface area contributed by atoms with Crippen molar-refractivity contribution >= 4 is 38.8 Å². The third kappa shape index (κ3) is 6.15. The fourth-order valence-electron chi connectivity index (χ4n) is 6.84. The number of nitrogens with zero attached hydrogens (tertiary/aromatic N) is 5. The van der Waals surface area contributed by atoms with Crippen LogP contribution in [0.4, 0.5) is 0 Å². The molecule has 0 bridgehead atoms. The monoisotopic (exact) mass is 639 g/mol. The highest BCUT2D eigenvalue weighted by atomic mass is 32.2. The summed E-state index contributed by atoms with van der Waals surface area (Å²) < 4.78 is 28.1. The third-order valence-electron chi connectivity index (χ3n) is 9.34. The van der Waals surface area contributed by atoms with E-state index in [2.05, 4.69) is 39.5 Å². The molecule has 0 spiro atoms. The number of piperidine rings is 1. The molecule has 0 radical (unpaired) electrons. The zero-order valence-electron chi connectivity index (χ0n) is 26.8. The second-order valence-corrected chi connectivity index (χ2v) is 14.3. The van der Waals surface area contributed by atoms with E-state index in [1.165, 1.54) is 18.4 Å². The topological polar surface area (TPSA) is 91.5 Å². The van der Waals surface area contributed by atoms with Crippen LogP contribution in [0, 0.1) is 11.8 Å². The van der Waals surface area contributed by atoms with E-state index in [1.807, 2.05) is 35.2 Å². The molecule has 0 N–H and O–H groups in total. The van der Waals surface area contributed by atoms with E-state index in [9.17, 15) is 9.00 Å². The number of ether oxygens (including phenoxy) is 2. The Hall–Kier alpha value is -4.18. The number of aromatic nitrogens is 4. The van der Waals surface area contributed by atoms with Crippen molar-refractivity contribution < 1.29 is 18.5 Å². The molecule has 2 atom stereocenters. The Morgan fingerprint density at radius 1 is 0.957 bits per heavy atom. The van der Waals surface area contributed by atoms with E-state index in [-0.39, 0.29) is 5.91 Å². The Balaban J connectivity index is 1.29. The van der Waals surface area contributed by atoms with Gasteiger partial charge in [0.2, 0.25) is 5.88 Å². The molecule has 9 nitrogen and oxygen atoms in total. The molecule has 1 amide bonds. The number of pyridine rings is 1. The highest BCUT2D eigenvalue weighted by Gasteiger charge is 2.29. The number of amides is 1. The second-order valence-electron chi connectivity index (χ2n) is 12.7. The van der Waals surface area contributed by atoms with E-state index >= 15 is 0 Å². The summed E-state index contributed by atoms with van der Waals surface area (Å²) in [6.45, 7) is 2.80. The van der Waals surface area contributed by atoms with Crippen LogP contribution in [0.15, 0.2) is 60.7 Å². The molecular formula is C36H41N5O4S. The number of carbonyl (C=O) groups excluding carboxylic acids is 1. The first-order chi connectivity index (χ1) is 22.4. The van der Waals surface area contributed by atoms with Crippen LogP contribution in [-0.4, -0.2) is 73.4 Å². The normalized spacial score (nSPS) is 17.5. The smallest absolute Gasteiger partial charge is 0.254 e. The van der Waals surface area contributed by atoms with Gasteiger partial charge in [0.05, 0.1) is 25.4 Å². The molecular weight excluding hydrogens is 598 g/mol. The van der Waals surface area contributed by atoms with Gasteiger partial charge in [-0.2, -0.15) is 4.98 Å². The standard InChI is InChI=1S/C36H41N5O4S/c1-44-31-21-28(36(42)39-15-7-10-26(22-39)18-24-8-5-4-6-9-24)19-29-33(31)40(16-17-46(3)43)35(37-29)30-20-27-13-14-32(45-2)38-34(27)41(30)23-25-11-12-25/h4-6,8-9,13-14,19-21,25-26H,7,10-12,15-18,22-23H2,1-3H3/t26-,46?/m0/s1.